The Morgan fingerprint density at radius 1 is 1.00 bits per heavy atom. The standard InChI is InChI=1S/C14H9ClFNO2S/c15-12-7-6-10-8-9-17(14(10)13(12)16)20(18,19)11-4-2-1-3-5-11/h1-9H. The van der Waals surface area contributed by atoms with Crippen LogP contribution in [0.4, 0.5) is 4.39 Å². The topological polar surface area (TPSA) is 39.1 Å². The van der Waals surface area contributed by atoms with E-state index in [1.807, 2.05) is 0 Å². The SMILES string of the molecule is O=S(=O)(c1ccccc1)n1ccc2ccc(Cl)c(F)c21. The Hall–Kier alpha value is -1.85. The number of rotatable bonds is 2. The van der Waals surface area contributed by atoms with Gasteiger partial charge < -0.3 is 0 Å². The third-order valence-electron chi connectivity index (χ3n) is 3.01. The lowest BCUT2D eigenvalue weighted by atomic mass is 10.2. The molecule has 2 aromatic carbocycles. The number of hydrogen-bond acceptors (Lipinski definition) is 2. The van der Waals surface area contributed by atoms with Crippen molar-refractivity contribution < 1.29 is 12.8 Å². The first-order chi connectivity index (χ1) is 9.51. The van der Waals surface area contributed by atoms with Crippen molar-refractivity contribution in [1.29, 1.82) is 0 Å². The zero-order valence-corrected chi connectivity index (χ0v) is 11.7. The maximum Gasteiger partial charge on any atom is 0.268 e. The monoisotopic (exact) mass is 309 g/mol. The summed E-state index contributed by atoms with van der Waals surface area (Å²) in [5, 5.41) is 0.368. The van der Waals surface area contributed by atoms with Crippen LogP contribution < -0.4 is 0 Å². The summed E-state index contributed by atoms with van der Waals surface area (Å²) in [6, 6.07) is 12.4. The summed E-state index contributed by atoms with van der Waals surface area (Å²) in [5.74, 6) is -0.742. The highest BCUT2D eigenvalue weighted by molar-refractivity contribution is 7.90. The molecule has 0 bridgehead atoms. The molecule has 6 heteroatoms. The van der Waals surface area contributed by atoms with Gasteiger partial charge in [-0.25, -0.2) is 16.8 Å². The number of benzene rings is 2. The van der Waals surface area contributed by atoms with E-state index in [2.05, 4.69) is 0 Å². The van der Waals surface area contributed by atoms with Crippen molar-refractivity contribution in [2.45, 2.75) is 4.90 Å². The van der Waals surface area contributed by atoms with Crippen molar-refractivity contribution >= 4 is 32.5 Å². The van der Waals surface area contributed by atoms with Crippen LogP contribution in [-0.2, 0) is 10.0 Å². The van der Waals surface area contributed by atoms with Crippen LogP contribution in [0.25, 0.3) is 10.9 Å². The van der Waals surface area contributed by atoms with E-state index >= 15 is 0 Å². The van der Waals surface area contributed by atoms with Gasteiger partial charge in [0.25, 0.3) is 10.0 Å². The number of halogens is 2. The van der Waals surface area contributed by atoms with E-state index in [0.29, 0.717) is 5.39 Å². The Labute approximate surface area is 120 Å². The molecule has 3 rings (SSSR count). The molecular weight excluding hydrogens is 301 g/mol. The molecular formula is C14H9ClFNO2S. The fourth-order valence-electron chi connectivity index (χ4n) is 2.04. The van der Waals surface area contributed by atoms with E-state index in [1.165, 1.54) is 30.5 Å². The molecule has 0 saturated heterocycles. The second kappa shape index (κ2) is 4.61. The molecule has 0 radical (unpaired) electrons. The molecule has 0 unspecified atom stereocenters. The highest BCUT2D eigenvalue weighted by atomic mass is 35.5. The van der Waals surface area contributed by atoms with Crippen LogP contribution in [0.15, 0.2) is 59.6 Å². The highest BCUT2D eigenvalue weighted by Gasteiger charge is 2.21. The number of fused-ring (bicyclic) bond motifs is 1. The van der Waals surface area contributed by atoms with Gasteiger partial charge in [-0.05, 0) is 24.3 Å². The molecule has 0 aliphatic heterocycles. The molecule has 3 aromatic rings. The minimum Gasteiger partial charge on any atom is -0.238 e. The largest absolute Gasteiger partial charge is 0.268 e. The van der Waals surface area contributed by atoms with Crippen molar-refractivity contribution in [1.82, 2.24) is 3.97 Å². The first-order valence-corrected chi connectivity index (χ1v) is 7.59. The maximum absolute atomic E-state index is 14.1. The highest BCUT2D eigenvalue weighted by Crippen LogP contribution is 2.28. The molecule has 0 saturated carbocycles. The summed E-state index contributed by atoms with van der Waals surface area (Å²) in [6.45, 7) is 0. The second-order valence-electron chi connectivity index (χ2n) is 4.23. The average Bonchev–Trinajstić information content (AvgIpc) is 2.89. The molecule has 3 nitrogen and oxygen atoms in total. The molecule has 102 valence electrons. The average molecular weight is 310 g/mol. The van der Waals surface area contributed by atoms with Gasteiger partial charge in [-0.15, -0.1) is 0 Å². The van der Waals surface area contributed by atoms with Crippen LogP contribution in [-0.4, -0.2) is 12.4 Å². The molecule has 0 fully saturated rings. The fourth-order valence-corrected chi connectivity index (χ4v) is 3.57. The number of aromatic nitrogens is 1. The summed E-state index contributed by atoms with van der Waals surface area (Å²) in [4.78, 5) is 0.0943. The minimum atomic E-state index is -3.84. The Morgan fingerprint density at radius 2 is 1.70 bits per heavy atom. The number of nitrogens with zero attached hydrogens (tertiary/aromatic N) is 1. The van der Waals surface area contributed by atoms with Gasteiger partial charge in [-0.3, -0.25) is 0 Å². The van der Waals surface area contributed by atoms with E-state index in [0.717, 1.165) is 3.97 Å². The molecule has 1 aromatic heterocycles. The Morgan fingerprint density at radius 3 is 2.40 bits per heavy atom. The van der Waals surface area contributed by atoms with Crippen LogP contribution in [0, 0.1) is 5.82 Å². The zero-order valence-electron chi connectivity index (χ0n) is 10.1. The van der Waals surface area contributed by atoms with Crippen LogP contribution in [0.2, 0.25) is 5.02 Å². The van der Waals surface area contributed by atoms with Crippen molar-refractivity contribution in [3.05, 3.63) is 65.6 Å². The van der Waals surface area contributed by atoms with Gasteiger partial charge in [-0.1, -0.05) is 35.9 Å². The molecule has 0 N–H and O–H groups in total. The zero-order chi connectivity index (χ0) is 14.3. The molecule has 0 aliphatic rings. The van der Waals surface area contributed by atoms with Crippen LogP contribution >= 0.6 is 11.6 Å². The first-order valence-electron chi connectivity index (χ1n) is 5.77. The normalized spacial score (nSPS) is 11.9. The van der Waals surface area contributed by atoms with E-state index in [9.17, 15) is 12.8 Å². The predicted octanol–water partition coefficient (Wildman–Crippen LogP) is 3.67. The van der Waals surface area contributed by atoms with E-state index in [4.69, 9.17) is 11.6 Å². The second-order valence-corrected chi connectivity index (χ2v) is 6.45. The summed E-state index contributed by atoms with van der Waals surface area (Å²) in [5.41, 5.74) is -0.0404. The fraction of sp³-hybridized carbons (Fsp3) is 0. The van der Waals surface area contributed by atoms with Crippen molar-refractivity contribution in [3.63, 3.8) is 0 Å². The smallest absolute Gasteiger partial charge is 0.238 e. The lowest BCUT2D eigenvalue weighted by molar-refractivity contribution is 0.586. The minimum absolute atomic E-state index is 0.0404. The Bertz CT molecular complexity index is 888. The Balaban J connectivity index is 2.33. The van der Waals surface area contributed by atoms with Crippen molar-refractivity contribution in [3.8, 4) is 0 Å². The van der Waals surface area contributed by atoms with Crippen molar-refractivity contribution in [2.75, 3.05) is 0 Å². The first kappa shape index (κ1) is 13.1. The Kier molecular flexibility index (Phi) is 3.03. The summed E-state index contributed by atoms with van der Waals surface area (Å²) < 4.78 is 40.1. The van der Waals surface area contributed by atoms with Gasteiger partial charge in [0.15, 0.2) is 5.82 Å². The predicted molar refractivity (Wildman–Crippen MR) is 75.9 cm³/mol. The molecule has 1 heterocycles. The van der Waals surface area contributed by atoms with Gasteiger partial charge in [-0.2, -0.15) is 0 Å². The third kappa shape index (κ3) is 1.90. The van der Waals surface area contributed by atoms with Gasteiger partial charge in [0, 0.05) is 11.6 Å². The van der Waals surface area contributed by atoms with Gasteiger partial charge in [0.05, 0.1) is 9.92 Å². The maximum atomic E-state index is 14.1. The molecule has 0 atom stereocenters. The van der Waals surface area contributed by atoms with Crippen molar-refractivity contribution in [2.24, 2.45) is 0 Å². The molecule has 0 amide bonds. The van der Waals surface area contributed by atoms with E-state index < -0.39 is 15.8 Å². The quantitative estimate of drug-likeness (QED) is 0.724. The summed E-state index contributed by atoms with van der Waals surface area (Å²) >= 11 is 5.73. The molecule has 0 spiro atoms. The summed E-state index contributed by atoms with van der Waals surface area (Å²) in [6.07, 6.45) is 1.33. The lowest BCUT2D eigenvalue weighted by Crippen LogP contribution is -2.12. The van der Waals surface area contributed by atoms with Gasteiger partial charge in [0.2, 0.25) is 0 Å². The lowest BCUT2D eigenvalue weighted by Gasteiger charge is -2.08. The number of hydrogen-bond donors (Lipinski definition) is 0. The van der Waals surface area contributed by atoms with Crippen LogP contribution in [0.1, 0.15) is 0 Å². The van der Waals surface area contributed by atoms with Crippen LogP contribution in [0.5, 0.6) is 0 Å². The van der Waals surface area contributed by atoms with E-state index in [-0.39, 0.29) is 15.4 Å². The third-order valence-corrected chi connectivity index (χ3v) is 4.99. The van der Waals surface area contributed by atoms with Gasteiger partial charge in [0.1, 0.15) is 5.52 Å². The van der Waals surface area contributed by atoms with E-state index in [1.54, 1.807) is 24.3 Å². The summed E-state index contributed by atoms with van der Waals surface area (Å²) in [7, 11) is -3.84. The molecule has 0 aliphatic carbocycles. The molecule has 20 heavy (non-hydrogen) atoms. The van der Waals surface area contributed by atoms with Crippen LogP contribution in [0.3, 0.4) is 0 Å². The van der Waals surface area contributed by atoms with Gasteiger partial charge >= 0.3 is 0 Å².